The monoisotopic (exact) mass is 353 g/mol. The van der Waals surface area contributed by atoms with Gasteiger partial charge in [-0.25, -0.2) is 0 Å². The lowest BCUT2D eigenvalue weighted by Gasteiger charge is -2.20. The van der Waals surface area contributed by atoms with Crippen LogP contribution in [0.25, 0.3) is 0 Å². The standard InChI is InChI=1S/C15H19N3S.BrH/c1-3-7-12(8-4-1)14-11-19-15(18-17-14)16-13-9-5-2-6-10-13;/h1,3-4,7-8,13H,2,5-6,9-11H2,(H,16,18);1H. The minimum absolute atomic E-state index is 0. The van der Waals surface area contributed by atoms with E-state index in [1.165, 1.54) is 37.7 Å². The van der Waals surface area contributed by atoms with Crippen LogP contribution in [0.5, 0.6) is 0 Å². The summed E-state index contributed by atoms with van der Waals surface area (Å²) in [6.45, 7) is 0. The SMILES string of the molecule is Br.c1ccc(C2=NNC(=NC3CCCCC3)SC2)cc1. The van der Waals surface area contributed by atoms with Crippen molar-refractivity contribution in [1.29, 1.82) is 0 Å². The Hall–Kier alpha value is -0.810. The molecule has 3 rings (SSSR count). The van der Waals surface area contributed by atoms with E-state index in [4.69, 9.17) is 4.99 Å². The number of rotatable bonds is 2. The quantitative estimate of drug-likeness (QED) is 0.872. The minimum atomic E-state index is 0. The molecule has 2 aliphatic rings. The molecular weight excluding hydrogens is 334 g/mol. The maximum absolute atomic E-state index is 4.78. The summed E-state index contributed by atoms with van der Waals surface area (Å²) < 4.78 is 0. The van der Waals surface area contributed by atoms with Gasteiger partial charge in [0.2, 0.25) is 0 Å². The molecule has 5 heteroatoms. The van der Waals surface area contributed by atoms with Crippen molar-refractivity contribution in [2.45, 2.75) is 38.1 Å². The molecule has 0 amide bonds. The molecule has 1 aromatic carbocycles. The summed E-state index contributed by atoms with van der Waals surface area (Å²) >= 11 is 1.77. The van der Waals surface area contributed by atoms with Crippen molar-refractivity contribution in [3.63, 3.8) is 0 Å². The zero-order valence-corrected chi connectivity index (χ0v) is 13.9. The van der Waals surface area contributed by atoms with Crippen molar-refractivity contribution in [1.82, 2.24) is 5.43 Å². The fourth-order valence-electron chi connectivity index (χ4n) is 2.54. The van der Waals surface area contributed by atoms with Gasteiger partial charge in [-0.05, 0) is 18.4 Å². The van der Waals surface area contributed by atoms with E-state index in [0.717, 1.165) is 16.6 Å². The highest BCUT2D eigenvalue weighted by molar-refractivity contribution is 8.93. The first kappa shape index (κ1) is 15.6. The van der Waals surface area contributed by atoms with Gasteiger partial charge in [-0.3, -0.25) is 10.4 Å². The molecule has 0 saturated heterocycles. The van der Waals surface area contributed by atoms with E-state index >= 15 is 0 Å². The zero-order chi connectivity index (χ0) is 12.9. The normalized spacial score (nSPS) is 21.8. The van der Waals surface area contributed by atoms with E-state index < -0.39 is 0 Å². The average Bonchev–Trinajstić information content (AvgIpc) is 2.50. The predicted molar refractivity (Wildman–Crippen MR) is 93.2 cm³/mol. The van der Waals surface area contributed by atoms with Gasteiger partial charge in [0.05, 0.1) is 11.8 Å². The number of hydrazone groups is 1. The van der Waals surface area contributed by atoms with Gasteiger partial charge in [0, 0.05) is 5.75 Å². The van der Waals surface area contributed by atoms with Crippen LogP contribution in [-0.2, 0) is 0 Å². The fraction of sp³-hybridized carbons (Fsp3) is 0.467. The van der Waals surface area contributed by atoms with Crippen molar-refractivity contribution in [3.05, 3.63) is 35.9 Å². The summed E-state index contributed by atoms with van der Waals surface area (Å²) in [5.41, 5.74) is 5.41. The Labute approximate surface area is 135 Å². The Balaban J connectivity index is 0.00000147. The molecular formula is C15H20BrN3S. The lowest BCUT2D eigenvalue weighted by Crippen LogP contribution is -2.27. The Kier molecular flexibility index (Phi) is 6.10. The number of nitrogens with zero attached hydrogens (tertiary/aromatic N) is 2. The summed E-state index contributed by atoms with van der Waals surface area (Å²) in [4.78, 5) is 4.78. The number of hydrogen-bond donors (Lipinski definition) is 1. The summed E-state index contributed by atoms with van der Waals surface area (Å²) in [6.07, 6.45) is 6.50. The number of hydrogen-bond acceptors (Lipinski definition) is 3. The van der Waals surface area contributed by atoms with Crippen LogP contribution in [0.4, 0.5) is 0 Å². The molecule has 0 aromatic heterocycles. The molecule has 1 aromatic rings. The number of aliphatic imine (C=N–C) groups is 1. The van der Waals surface area contributed by atoms with Gasteiger partial charge < -0.3 is 0 Å². The minimum Gasteiger partial charge on any atom is -0.258 e. The van der Waals surface area contributed by atoms with Crippen LogP contribution < -0.4 is 5.43 Å². The summed E-state index contributed by atoms with van der Waals surface area (Å²) in [7, 11) is 0. The van der Waals surface area contributed by atoms with Gasteiger partial charge >= 0.3 is 0 Å². The Morgan fingerprint density at radius 3 is 2.50 bits per heavy atom. The number of halogens is 1. The first-order valence-electron chi connectivity index (χ1n) is 7.00. The van der Waals surface area contributed by atoms with Crippen LogP contribution in [0.2, 0.25) is 0 Å². The van der Waals surface area contributed by atoms with Gasteiger partial charge in [0.1, 0.15) is 0 Å². The Morgan fingerprint density at radius 2 is 1.85 bits per heavy atom. The van der Waals surface area contributed by atoms with Gasteiger partial charge in [-0.2, -0.15) is 5.10 Å². The van der Waals surface area contributed by atoms with Crippen molar-refractivity contribution in [2.24, 2.45) is 10.1 Å². The van der Waals surface area contributed by atoms with Crippen LogP contribution in [0.3, 0.4) is 0 Å². The van der Waals surface area contributed by atoms with E-state index in [0.29, 0.717) is 6.04 Å². The largest absolute Gasteiger partial charge is 0.258 e. The third-order valence-electron chi connectivity index (χ3n) is 3.61. The van der Waals surface area contributed by atoms with Crippen LogP contribution in [-0.4, -0.2) is 22.7 Å². The summed E-state index contributed by atoms with van der Waals surface area (Å²) in [5, 5.41) is 5.45. The van der Waals surface area contributed by atoms with E-state index in [1.807, 2.05) is 18.2 Å². The highest BCUT2D eigenvalue weighted by atomic mass is 79.9. The summed E-state index contributed by atoms with van der Waals surface area (Å²) in [5.74, 6) is 0.905. The third-order valence-corrected chi connectivity index (χ3v) is 4.50. The maximum Gasteiger partial charge on any atom is 0.177 e. The molecule has 108 valence electrons. The molecule has 0 bridgehead atoms. The highest BCUT2D eigenvalue weighted by Gasteiger charge is 2.16. The number of thioether (sulfide) groups is 1. The third kappa shape index (κ3) is 4.09. The van der Waals surface area contributed by atoms with Crippen LogP contribution in [0, 0.1) is 0 Å². The second-order valence-corrected chi connectivity index (χ2v) is 6.02. The Bertz CT molecular complexity index is 481. The first-order chi connectivity index (χ1) is 9.42. The van der Waals surface area contributed by atoms with Crippen molar-refractivity contribution in [3.8, 4) is 0 Å². The zero-order valence-electron chi connectivity index (χ0n) is 11.4. The molecule has 0 radical (unpaired) electrons. The highest BCUT2D eigenvalue weighted by Crippen LogP contribution is 2.22. The number of benzene rings is 1. The van der Waals surface area contributed by atoms with Gasteiger partial charge in [0.25, 0.3) is 0 Å². The fourth-order valence-corrected chi connectivity index (χ4v) is 3.38. The molecule has 1 aliphatic carbocycles. The molecule has 1 N–H and O–H groups in total. The molecule has 3 nitrogen and oxygen atoms in total. The van der Waals surface area contributed by atoms with Crippen LogP contribution in [0.15, 0.2) is 40.4 Å². The number of nitrogens with one attached hydrogen (secondary N) is 1. The topological polar surface area (TPSA) is 36.8 Å². The smallest absolute Gasteiger partial charge is 0.177 e. The molecule has 20 heavy (non-hydrogen) atoms. The lowest BCUT2D eigenvalue weighted by molar-refractivity contribution is 0.443. The number of amidine groups is 1. The van der Waals surface area contributed by atoms with Gasteiger partial charge in [-0.15, -0.1) is 17.0 Å². The van der Waals surface area contributed by atoms with E-state index in [2.05, 4.69) is 22.7 Å². The maximum atomic E-state index is 4.78. The van der Waals surface area contributed by atoms with E-state index in [1.54, 1.807) is 11.8 Å². The predicted octanol–water partition coefficient (Wildman–Crippen LogP) is 3.99. The average molecular weight is 354 g/mol. The van der Waals surface area contributed by atoms with Crippen LogP contribution >= 0.6 is 28.7 Å². The Morgan fingerprint density at radius 1 is 1.10 bits per heavy atom. The van der Waals surface area contributed by atoms with E-state index in [9.17, 15) is 0 Å². The van der Waals surface area contributed by atoms with Crippen LogP contribution in [0.1, 0.15) is 37.7 Å². The molecule has 0 unspecified atom stereocenters. The molecule has 1 saturated carbocycles. The van der Waals surface area contributed by atoms with Gasteiger partial charge in [0.15, 0.2) is 5.17 Å². The van der Waals surface area contributed by atoms with Crippen molar-refractivity contribution < 1.29 is 0 Å². The summed E-state index contributed by atoms with van der Waals surface area (Å²) in [6, 6.07) is 10.8. The second kappa shape index (κ2) is 7.84. The van der Waals surface area contributed by atoms with Gasteiger partial charge in [-0.1, -0.05) is 61.4 Å². The van der Waals surface area contributed by atoms with E-state index in [-0.39, 0.29) is 17.0 Å². The second-order valence-electron chi connectivity index (χ2n) is 5.05. The molecule has 1 aliphatic heterocycles. The van der Waals surface area contributed by atoms with Crippen molar-refractivity contribution >= 4 is 39.6 Å². The molecule has 1 fully saturated rings. The molecule has 1 heterocycles. The molecule has 0 spiro atoms. The first-order valence-corrected chi connectivity index (χ1v) is 7.99. The lowest BCUT2D eigenvalue weighted by atomic mass is 9.96. The molecule has 0 atom stereocenters. The van der Waals surface area contributed by atoms with Crippen molar-refractivity contribution in [2.75, 3.05) is 5.75 Å².